The molecule has 2 aromatic rings. The van der Waals surface area contributed by atoms with Crippen LogP contribution in [0, 0.1) is 5.82 Å². The van der Waals surface area contributed by atoms with Crippen LogP contribution in [0.5, 0.6) is 0 Å². The van der Waals surface area contributed by atoms with Crippen molar-refractivity contribution in [3.63, 3.8) is 0 Å². The second kappa shape index (κ2) is 6.50. The largest absolute Gasteiger partial charge is 0.458 e. The van der Waals surface area contributed by atoms with Crippen LogP contribution in [0.25, 0.3) is 6.08 Å². The molecule has 0 aliphatic heterocycles. The zero-order chi connectivity index (χ0) is 13.5. The smallest absolute Gasteiger partial charge is 0.331 e. The van der Waals surface area contributed by atoms with Gasteiger partial charge in [0.25, 0.3) is 0 Å². The highest BCUT2D eigenvalue weighted by Crippen LogP contribution is 2.08. The maximum absolute atomic E-state index is 13.3. The molecule has 96 valence electrons. The number of hydrogen-bond acceptors (Lipinski definition) is 2. The number of benzene rings is 2. The van der Waals surface area contributed by atoms with Crippen LogP contribution < -0.4 is 0 Å². The van der Waals surface area contributed by atoms with E-state index >= 15 is 0 Å². The lowest BCUT2D eigenvalue weighted by Crippen LogP contribution is -2.02. The summed E-state index contributed by atoms with van der Waals surface area (Å²) in [5.74, 6) is -0.866. The molecule has 2 rings (SSSR count). The summed E-state index contributed by atoms with van der Waals surface area (Å²) in [6.07, 6.45) is 2.99. The molecule has 0 aliphatic rings. The van der Waals surface area contributed by atoms with Gasteiger partial charge in [-0.2, -0.15) is 0 Å². The fourth-order valence-electron chi connectivity index (χ4n) is 1.54. The van der Waals surface area contributed by atoms with E-state index in [4.69, 9.17) is 4.74 Å². The summed E-state index contributed by atoms with van der Waals surface area (Å²) in [6.45, 7) is -0.0648. The Bertz CT molecular complexity index is 576. The molecule has 2 nitrogen and oxygen atoms in total. The average Bonchev–Trinajstić information content (AvgIpc) is 2.45. The number of rotatable bonds is 4. The van der Waals surface area contributed by atoms with E-state index in [1.54, 1.807) is 24.3 Å². The van der Waals surface area contributed by atoms with Crippen molar-refractivity contribution in [3.8, 4) is 0 Å². The van der Waals surface area contributed by atoms with Gasteiger partial charge in [-0.25, -0.2) is 9.18 Å². The summed E-state index contributed by atoms with van der Waals surface area (Å²) in [5, 5.41) is 0. The van der Waals surface area contributed by atoms with Crippen molar-refractivity contribution in [3.05, 3.63) is 77.6 Å². The topological polar surface area (TPSA) is 26.3 Å². The normalized spacial score (nSPS) is 10.6. The third kappa shape index (κ3) is 4.07. The van der Waals surface area contributed by atoms with E-state index < -0.39 is 5.97 Å². The van der Waals surface area contributed by atoms with Crippen LogP contribution in [0.1, 0.15) is 11.1 Å². The number of carbonyl (C=O) groups is 1. The van der Waals surface area contributed by atoms with Crippen molar-refractivity contribution >= 4 is 12.0 Å². The summed E-state index contributed by atoms with van der Waals surface area (Å²) in [4.78, 5) is 11.5. The molecule has 0 fully saturated rings. The minimum Gasteiger partial charge on any atom is -0.458 e. The molecule has 3 heteroatoms. The van der Waals surface area contributed by atoms with Crippen molar-refractivity contribution in [1.82, 2.24) is 0 Å². The minimum atomic E-state index is -0.493. The van der Waals surface area contributed by atoms with Crippen LogP contribution in [0.4, 0.5) is 4.39 Å². The number of hydrogen-bond donors (Lipinski definition) is 0. The second-order valence-corrected chi connectivity index (χ2v) is 3.94. The molecule has 0 heterocycles. The minimum absolute atomic E-state index is 0.0648. The average molecular weight is 256 g/mol. The van der Waals surface area contributed by atoms with Crippen molar-refractivity contribution in [2.45, 2.75) is 6.61 Å². The summed E-state index contributed by atoms with van der Waals surface area (Å²) in [7, 11) is 0. The molecule has 19 heavy (non-hydrogen) atoms. The predicted octanol–water partition coefficient (Wildman–Crippen LogP) is 3.58. The fourth-order valence-corrected chi connectivity index (χ4v) is 1.54. The van der Waals surface area contributed by atoms with Crippen molar-refractivity contribution in [2.75, 3.05) is 0 Å². The summed E-state index contributed by atoms with van der Waals surface area (Å²) in [5.41, 5.74) is 1.27. The van der Waals surface area contributed by atoms with Gasteiger partial charge in [0.1, 0.15) is 12.4 Å². The van der Waals surface area contributed by atoms with Gasteiger partial charge in [-0.15, -0.1) is 0 Å². The maximum Gasteiger partial charge on any atom is 0.331 e. The first-order valence-electron chi connectivity index (χ1n) is 5.89. The first-order valence-corrected chi connectivity index (χ1v) is 5.89. The van der Waals surface area contributed by atoms with Gasteiger partial charge in [-0.1, -0.05) is 48.5 Å². The summed E-state index contributed by atoms with van der Waals surface area (Å²) < 4.78 is 18.2. The van der Waals surface area contributed by atoms with E-state index in [2.05, 4.69) is 0 Å². The van der Waals surface area contributed by atoms with Crippen LogP contribution >= 0.6 is 0 Å². The molecule has 0 bridgehead atoms. The number of esters is 1. The zero-order valence-electron chi connectivity index (χ0n) is 10.3. The quantitative estimate of drug-likeness (QED) is 0.617. The van der Waals surface area contributed by atoms with E-state index in [1.165, 1.54) is 12.1 Å². The van der Waals surface area contributed by atoms with Gasteiger partial charge < -0.3 is 4.74 Å². The highest BCUT2D eigenvalue weighted by Gasteiger charge is 2.03. The molecule has 0 aromatic heterocycles. The molecule has 0 atom stereocenters. The molecule has 0 spiro atoms. The Kier molecular flexibility index (Phi) is 4.45. The first-order chi connectivity index (χ1) is 9.25. The van der Waals surface area contributed by atoms with Gasteiger partial charge in [-0.05, 0) is 17.7 Å². The maximum atomic E-state index is 13.3. The molecule has 0 radical (unpaired) electrons. The Hall–Kier alpha value is -2.42. The SMILES string of the molecule is O=C(/C=C/c1ccccc1)OCc1ccccc1F. The first kappa shape index (κ1) is 13.0. The van der Waals surface area contributed by atoms with Gasteiger partial charge in [0, 0.05) is 11.6 Å². The Balaban J connectivity index is 1.89. The van der Waals surface area contributed by atoms with Crippen LogP contribution in [0.3, 0.4) is 0 Å². The molecule has 0 saturated carbocycles. The summed E-state index contributed by atoms with van der Waals surface area (Å²) in [6, 6.07) is 15.6. The van der Waals surface area contributed by atoms with Crippen LogP contribution in [-0.2, 0) is 16.1 Å². The van der Waals surface area contributed by atoms with E-state index in [0.29, 0.717) is 5.56 Å². The van der Waals surface area contributed by atoms with Crippen LogP contribution in [-0.4, -0.2) is 5.97 Å². The summed E-state index contributed by atoms with van der Waals surface area (Å²) >= 11 is 0. The Morgan fingerprint density at radius 1 is 1.05 bits per heavy atom. The molecule has 0 amide bonds. The number of halogens is 1. The third-order valence-electron chi connectivity index (χ3n) is 2.54. The highest BCUT2D eigenvalue weighted by molar-refractivity contribution is 5.87. The number of carbonyl (C=O) groups excluding carboxylic acids is 1. The molecule has 0 saturated heterocycles. The highest BCUT2D eigenvalue weighted by atomic mass is 19.1. The lowest BCUT2D eigenvalue weighted by atomic mass is 10.2. The standard InChI is InChI=1S/C16H13FO2/c17-15-9-5-4-8-14(15)12-19-16(18)11-10-13-6-2-1-3-7-13/h1-11H,12H2/b11-10+. The molecular weight excluding hydrogens is 243 g/mol. The predicted molar refractivity (Wildman–Crippen MR) is 71.7 cm³/mol. The Morgan fingerprint density at radius 3 is 2.47 bits per heavy atom. The van der Waals surface area contributed by atoms with Crippen molar-refractivity contribution in [1.29, 1.82) is 0 Å². The fraction of sp³-hybridized carbons (Fsp3) is 0.0625. The van der Waals surface area contributed by atoms with Gasteiger partial charge in [0.2, 0.25) is 0 Å². The van der Waals surface area contributed by atoms with Crippen LogP contribution in [0.2, 0.25) is 0 Å². The second-order valence-electron chi connectivity index (χ2n) is 3.94. The monoisotopic (exact) mass is 256 g/mol. The van der Waals surface area contributed by atoms with Gasteiger partial charge >= 0.3 is 5.97 Å². The van der Waals surface area contributed by atoms with E-state index in [0.717, 1.165) is 5.56 Å². The Morgan fingerprint density at radius 2 is 1.74 bits per heavy atom. The van der Waals surface area contributed by atoms with E-state index in [-0.39, 0.29) is 12.4 Å². The lowest BCUT2D eigenvalue weighted by Gasteiger charge is -2.03. The number of ether oxygens (including phenoxy) is 1. The van der Waals surface area contributed by atoms with Gasteiger partial charge in [-0.3, -0.25) is 0 Å². The third-order valence-corrected chi connectivity index (χ3v) is 2.54. The van der Waals surface area contributed by atoms with Crippen molar-refractivity contribution < 1.29 is 13.9 Å². The molecule has 0 aliphatic carbocycles. The molecule has 2 aromatic carbocycles. The lowest BCUT2D eigenvalue weighted by molar-refractivity contribution is -0.138. The molecular formula is C16H13FO2. The Labute approximate surface area is 111 Å². The molecule has 0 unspecified atom stereocenters. The molecule has 0 N–H and O–H groups in total. The van der Waals surface area contributed by atoms with Crippen molar-refractivity contribution in [2.24, 2.45) is 0 Å². The van der Waals surface area contributed by atoms with Gasteiger partial charge in [0.15, 0.2) is 0 Å². The van der Waals surface area contributed by atoms with E-state index in [1.807, 2.05) is 30.3 Å². The van der Waals surface area contributed by atoms with Crippen LogP contribution in [0.15, 0.2) is 60.7 Å². The zero-order valence-corrected chi connectivity index (χ0v) is 10.3. The van der Waals surface area contributed by atoms with E-state index in [9.17, 15) is 9.18 Å². The van der Waals surface area contributed by atoms with Gasteiger partial charge in [0.05, 0.1) is 0 Å².